The molecule has 1 aromatic rings. The van der Waals surface area contributed by atoms with Gasteiger partial charge in [0.1, 0.15) is 0 Å². The maximum absolute atomic E-state index is 10.7. The van der Waals surface area contributed by atoms with Crippen LogP contribution in [0.15, 0.2) is 55.1 Å². The number of rotatable bonds is 5. The number of aliphatic carboxylic acids is 1. The molecule has 0 aliphatic carbocycles. The van der Waals surface area contributed by atoms with Crippen LogP contribution in [0.4, 0.5) is 0 Å². The van der Waals surface area contributed by atoms with Gasteiger partial charge in [-0.05, 0) is 12.5 Å². The normalized spacial score (nSPS) is 8.68. The summed E-state index contributed by atoms with van der Waals surface area (Å²) in [4.78, 5) is 20.3. The van der Waals surface area contributed by atoms with Crippen molar-refractivity contribution in [3.8, 4) is 0 Å². The SMILES string of the molecule is C=C(C)C(=O)O.C=CC(=O)OCCc1ccccc1. The van der Waals surface area contributed by atoms with E-state index in [-0.39, 0.29) is 11.5 Å². The van der Waals surface area contributed by atoms with Crippen LogP contribution in [0.5, 0.6) is 0 Å². The van der Waals surface area contributed by atoms with Crippen molar-refractivity contribution in [3.63, 3.8) is 0 Å². The van der Waals surface area contributed by atoms with E-state index in [0.29, 0.717) is 6.61 Å². The van der Waals surface area contributed by atoms with Gasteiger partial charge in [0.05, 0.1) is 6.61 Å². The molecule has 0 unspecified atom stereocenters. The molecule has 0 aliphatic rings. The first-order chi connectivity index (χ1) is 8.97. The predicted octanol–water partition coefficient (Wildman–Crippen LogP) is 2.61. The topological polar surface area (TPSA) is 63.6 Å². The van der Waals surface area contributed by atoms with Crippen molar-refractivity contribution in [2.24, 2.45) is 0 Å². The van der Waals surface area contributed by atoms with E-state index < -0.39 is 5.97 Å². The molecule has 0 heterocycles. The predicted molar refractivity (Wildman–Crippen MR) is 73.8 cm³/mol. The highest BCUT2D eigenvalue weighted by Crippen LogP contribution is 1.99. The van der Waals surface area contributed by atoms with Gasteiger partial charge in [0.25, 0.3) is 0 Å². The summed E-state index contributed by atoms with van der Waals surface area (Å²) in [6.45, 7) is 8.33. The zero-order valence-corrected chi connectivity index (χ0v) is 11.0. The lowest BCUT2D eigenvalue weighted by atomic mass is 10.2. The highest BCUT2D eigenvalue weighted by molar-refractivity contribution is 5.84. The highest BCUT2D eigenvalue weighted by atomic mass is 16.5. The van der Waals surface area contributed by atoms with Crippen molar-refractivity contribution in [2.45, 2.75) is 13.3 Å². The van der Waals surface area contributed by atoms with Crippen LogP contribution in [0.3, 0.4) is 0 Å². The Morgan fingerprint density at radius 2 is 1.84 bits per heavy atom. The Morgan fingerprint density at radius 1 is 1.32 bits per heavy atom. The van der Waals surface area contributed by atoms with Crippen molar-refractivity contribution in [1.82, 2.24) is 0 Å². The third-order valence-corrected chi connectivity index (χ3v) is 2.01. The quantitative estimate of drug-likeness (QED) is 0.654. The van der Waals surface area contributed by atoms with Crippen LogP contribution in [-0.2, 0) is 20.7 Å². The van der Waals surface area contributed by atoms with Crippen molar-refractivity contribution in [2.75, 3.05) is 6.61 Å². The number of esters is 1. The Balaban J connectivity index is 0.000000459. The van der Waals surface area contributed by atoms with Crippen LogP contribution in [-0.4, -0.2) is 23.7 Å². The average Bonchev–Trinajstić information content (AvgIpc) is 2.40. The molecule has 102 valence electrons. The van der Waals surface area contributed by atoms with Gasteiger partial charge in [0.15, 0.2) is 0 Å². The fourth-order valence-electron chi connectivity index (χ4n) is 0.973. The van der Waals surface area contributed by atoms with E-state index in [0.717, 1.165) is 6.42 Å². The molecule has 0 atom stereocenters. The zero-order chi connectivity index (χ0) is 14.7. The first-order valence-electron chi connectivity index (χ1n) is 5.69. The van der Waals surface area contributed by atoms with Crippen LogP contribution in [0, 0.1) is 0 Å². The van der Waals surface area contributed by atoms with E-state index >= 15 is 0 Å². The first kappa shape index (κ1) is 16.6. The standard InChI is InChI=1S/C11H12O2.C4H6O2/c1-2-11(12)13-9-8-10-6-4-3-5-7-10;1-3(2)4(5)6/h2-7H,1,8-9H2;1H2,2H3,(H,5,6). The number of ether oxygens (including phenoxy) is 1. The Bertz CT molecular complexity index is 423. The monoisotopic (exact) mass is 262 g/mol. The molecule has 19 heavy (non-hydrogen) atoms. The molecule has 1 rings (SSSR count). The summed E-state index contributed by atoms with van der Waals surface area (Å²) in [7, 11) is 0. The molecule has 4 heteroatoms. The summed E-state index contributed by atoms with van der Waals surface area (Å²) in [6, 6.07) is 9.89. The number of carboxylic acid groups (broad SMARTS) is 1. The molecule has 0 saturated heterocycles. The fraction of sp³-hybridized carbons (Fsp3) is 0.200. The molecule has 0 saturated carbocycles. The van der Waals surface area contributed by atoms with E-state index in [1.807, 2.05) is 30.3 Å². The van der Waals surface area contributed by atoms with Crippen LogP contribution in [0.25, 0.3) is 0 Å². The molecule has 0 amide bonds. The number of carboxylic acids is 1. The van der Waals surface area contributed by atoms with E-state index in [4.69, 9.17) is 9.84 Å². The van der Waals surface area contributed by atoms with Gasteiger partial charge < -0.3 is 9.84 Å². The van der Waals surface area contributed by atoms with Gasteiger partial charge in [-0.1, -0.05) is 43.5 Å². The van der Waals surface area contributed by atoms with Crippen molar-refractivity contribution >= 4 is 11.9 Å². The van der Waals surface area contributed by atoms with Gasteiger partial charge in [0.2, 0.25) is 0 Å². The summed E-state index contributed by atoms with van der Waals surface area (Å²) >= 11 is 0. The average molecular weight is 262 g/mol. The molecule has 4 nitrogen and oxygen atoms in total. The maximum atomic E-state index is 10.7. The van der Waals surface area contributed by atoms with E-state index in [1.54, 1.807) is 0 Å². The summed E-state index contributed by atoms with van der Waals surface area (Å²) in [5.74, 6) is -1.30. The lowest BCUT2D eigenvalue weighted by Gasteiger charge is -2.01. The van der Waals surface area contributed by atoms with Crippen LogP contribution in [0.2, 0.25) is 0 Å². The van der Waals surface area contributed by atoms with E-state index in [2.05, 4.69) is 13.2 Å². The van der Waals surface area contributed by atoms with E-state index in [1.165, 1.54) is 18.6 Å². The number of hydrogen-bond acceptors (Lipinski definition) is 3. The lowest BCUT2D eigenvalue weighted by Crippen LogP contribution is -2.04. The minimum atomic E-state index is -0.935. The maximum Gasteiger partial charge on any atom is 0.330 e. The smallest absolute Gasteiger partial charge is 0.330 e. The molecule has 0 bridgehead atoms. The molecule has 1 N–H and O–H groups in total. The molecule has 0 aliphatic heterocycles. The second-order valence-corrected chi connectivity index (χ2v) is 3.69. The molecule has 0 aromatic heterocycles. The molecule has 0 spiro atoms. The fourth-order valence-corrected chi connectivity index (χ4v) is 0.973. The summed E-state index contributed by atoms with van der Waals surface area (Å²) in [5, 5.41) is 7.89. The van der Waals surface area contributed by atoms with Gasteiger partial charge in [-0.3, -0.25) is 0 Å². The molecular formula is C15H18O4. The van der Waals surface area contributed by atoms with Crippen molar-refractivity contribution in [1.29, 1.82) is 0 Å². The zero-order valence-electron chi connectivity index (χ0n) is 11.0. The number of carbonyl (C=O) groups is 2. The third-order valence-electron chi connectivity index (χ3n) is 2.01. The first-order valence-corrected chi connectivity index (χ1v) is 5.69. The minimum absolute atomic E-state index is 0.176. The Hall–Kier alpha value is -2.36. The summed E-state index contributed by atoms with van der Waals surface area (Å²) in [6.07, 6.45) is 1.92. The second-order valence-electron chi connectivity index (χ2n) is 3.69. The number of benzene rings is 1. The van der Waals surface area contributed by atoms with Crippen molar-refractivity contribution < 1.29 is 19.4 Å². The molecule has 0 radical (unpaired) electrons. The molecular weight excluding hydrogens is 244 g/mol. The number of carbonyl (C=O) groups excluding carboxylic acids is 1. The van der Waals surface area contributed by atoms with Crippen LogP contribution < -0.4 is 0 Å². The van der Waals surface area contributed by atoms with Crippen LogP contribution in [0.1, 0.15) is 12.5 Å². The summed E-state index contributed by atoms with van der Waals surface area (Å²) < 4.78 is 4.84. The Morgan fingerprint density at radius 3 is 2.26 bits per heavy atom. The highest BCUT2D eigenvalue weighted by Gasteiger charge is 1.95. The summed E-state index contributed by atoms with van der Waals surface area (Å²) in [5.41, 5.74) is 1.34. The molecule has 0 fully saturated rings. The Labute approximate surface area is 113 Å². The van der Waals surface area contributed by atoms with Crippen molar-refractivity contribution in [3.05, 3.63) is 60.7 Å². The van der Waals surface area contributed by atoms with Gasteiger partial charge in [-0.25, -0.2) is 9.59 Å². The minimum Gasteiger partial charge on any atom is -0.478 e. The lowest BCUT2D eigenvalue weighted by molar-refractivity contribution is -0.137. The Kier molecular flexibility index (Phi) is 8.45. The van der Waals surface area contributed by atoms with E-state index in [9.17, 15) is 9.59 Å². The third kappa shape index (κ3) is 9.35. The van der Waals surface area contributed by atoms with Gasteiger partial charge in [-0.2, -0.15) is 0 Å². The van der Waals surface area contributed by atoms with Gasteiger partial charge in [-0.15, -0.1) is 0 Å². The second kappa shape index (κ2) is 9.65. The number of hydrogen-bond donors (Lipinski definition) is 1. The van der Waals surface area contributed by atoms with Gasteiger partial charge in [0, 0.05) is 18.1 Å². The largest absolute Gasteiger partial charge is 0.478 e. The van der Waals surface area contributed by atoms with Gasteiger partial charge >= 0.3 is 11.9 Å². The molecule has 1 aromatic carbocycles. The van der Waals surface area contributed by atoms with Crippen LogP contribution >= 0.6 is 0 Å².